The van der Waals surface area contributed by atoms with E-state index in [2.05, 4.69) is 38.7 Å². The van der Waals surface area contributed by atoms with Gasteiger partial charge in [0, 0.05) is 36.4 Å². The molecule has 0 aliphatic heterocycles. The number of nitrogens with zero attached hydrogens (tertiary/aromatic N) is 3. The topological polar surface area (TPSA) is 46.5 Å². The van der Waals surface area contributed by atoms with Gasteiger partial charge < -0.3 is 9.55 Å². The third kappa shape index (κ3) is 1.40. The Labute approximate surface area is 109 Å². The number of H-pyrrole nitrogens is 1. The van der Waals surface area contributed by atoms with Crippen LogP contribution < -0.4 is 0 Å². The van der Waals surface area contributed by atoms with E-state index in [0.717, 1.165) is 27.8 Å². The fourth-order valence-electron chi connectivity index (χ4n) is 2.61. The summed E-state index contributed by atoms with van der Waals surface area (Å²) in [5, 5.41) is 2.28. The molecule has 0 spiro atoms. The highest BCUT2D eigenvalue weighted by atomic mass is 15.0. The Morgan fingerprint density at radius 1 is 1.16 bits per heavy atom. The molecule has 4 aromatic rings. The smallest absolute Gasteiger partial charge is 0.139 e. The first-order valence-electron chi connectivity index (χ1n) is 6.17. The maximum absolute atomic E-state index is 4.43. The van der Waals surface area contributed by atoms with Gasteiger partial charge in [-0.15, -0.1) is 0 Å². The Kier molecular flexibility index (Phi) is 2.00. The maximum Gasteiger partial charge on any atom is 0.139 e. The van der Waals surface area contributed by atoms with Crippen LogP contribution >= 0.6 is 0 Å². The number of pyridine rings is 2. The van der Waals surface area contributed by atoms with Gasteiger partial charge in [0.05, 0.1) is 16.9 Å². The molecule has 4 nitrogen and oxygen atoms in total. The lowest BCUT2D eigenvalue weighted by molar-refractivity contribution is 0.974. The number of aromatic nitrogens is 4. The van der Waals surface area contributed by atoms with Crippen LogP contribution in [0.5, 0.6) is 0 Å². The van der Waals surface area contributed by atoms with Crippen LogP contribution in [0.4, 0.5) is 0 Å². The molecule has 4 aromatic heterocycles. The van der Waals surface area contributed by atoms with Crippen molar-refractivity contribution in [2.45, 2.75) is 0 Å². The normalized spacial score (nSPS) is 11.4. The van der Waals surface area contributed by atoms with Gasteiger partial charge in [0.2, 0.25) is 0 Å². The lowest BCUT2D eigenvalue weighted by Crippen LogP contribution is -1.93. The van der Waals surface area contributed by atoms with Crippen LogP contribution in [0.15, 0.2) is 48.9 Å². The van der Waals surface area contributed by atoms with Crippen LogP contribution in [-0.4, -0.2) is 19.5 Å². The third-order valence-corrected chi connectivity index (χ3v) is 3.50. The molecule has 0 bridgehead atoms. The third-order valence-electron chi connectivity index (χ3n) is 3.50. The van der Waals surface area contributed by atoms with E-state index < -0.39 is 0 Å². The minimum atomic E-state index is 0.918. The summed E-state index contributed by atoms with van der Waals surface area (Å²) in [6, 6.07) is 10.2. The summed E-state index contributed by atoms with van der Waals surface area (Å²) in [6.45, 7) is 0. The number of hydrogen-bond donors (Lipinski definition) is 1. The van der Waals surface area contributed by atoms with Crippen molar-refractivity contribution < 1.29 is 0 Å². The standard InChI is InChI=1S/C15H12N4/c1-19-13(12-4-2-3-6-16-12)8-10-9-18-15-11(14(10)19)5-7-17-15/h2-9H,1H3,(H,17,18). The molecule has 0 fully saturated rings. The Morgan fingerprint density at radius 2 is 2.11 bits per heavy atom. The van der Waals surface area contributed by atoms with Crippen LogP contribution in [0, 0.1) is 0 Å². The second-order valence-electron chi connectivity index (χ2n) is 4.61. The van der Waals surface area contributed by atoms with Gasteiger partial charge in [0.25, 0.3) is 0 Å². The van der Waals surface area contributed by atoms with Gasteiger partial charge in [-0.3, -0.25) is 4.98 Å². The summed E-state index contributed by atoms with van der Waals surface area (Å²) < 4.78 is 2.18. The molecule has 92 valence electrons. The largest absolute Gasteiger partial charge is 0.346 e. The van der Waals surface area contributed by atoms with Gasteiger partial charge in [-0.2, -0.15) is 0 Å². The molecule has 0 saturated carbocycles. The van der Waals surface area contributed by atoms with E-state index in [1.54, 1.807) is 0 Å². The molecule has 0 atom stereocenters. The predicted molar refractivity (Wildman–Crippen MR) is 75.8 cm³/mol. The fraction of sp³-hybridized carbons (Fsp3) is 0.0667. The Hall–Kier alpha value is -2.62. The number of hydrogen-bond acceptors (Lipinski definition) is 2. The molecule has 0 radical (unpaired) electrons. The molecule has 4 heteroatoms. The lowest BCUT2D eigenvalue weighted by Gasteiger charge is -2.03. The highest BCUT2D eigenvalue weighted by Crippen LogP contribution is 2.29. The second-order valence-corrected chi connectivity index (χ2v) is 4.61. The predicted octanol–water partition coefficient (Wildman–Crippen LogP) is 3.12. The van der Waals surface area contributed by atoms with Gasteiger partial charge in [-0.1, -0.05) is 6.07 Å². The van der Waals surface area contributed by atoms with Crippen molar-refractivity contribution in [3.8, 4) is 11.4 Å². The van der Waals surface area contributed by atoms with Crippen LogP contribution in [-0.2, 0) is 7.05 Å². The molecule has 4 rings (SSSR count). The van der Waals surface area contributed by atoms with Crippen molar-refractivity contribution in [3.63, 3.8) is 0 Å². The van der Waals surface area contributed by atoms with E-state index in [1.807, 2.05) is 36.8 Å². The number of fused-ring (bicyclic) bond motifs is 3. The molecular formula is C15H12N4. The molecule has 1 N–H and O–H groups in total. The minimum Gasteiger partial charge on any atom is -0.346 e. The summed E-state index contributed by atoms with van der Waals surface area (Å²) >= 11 is 0. The van der Waals surface area contributed by atoms with Gasteiger partial charge in [0.1, 0.15) is 5.65 Å². The van der Waals surface area contributed by atoms with E-state index in [0.29, 0.717) is 0 Å². The van der Waals surface area contributed by atoms with Crippen molar-refractivity contribution in [3.05, 3.63) is 48.9 Å². The van der Waals surface area contributed by atoms with Gasteiger partial charge in [-0.05, 0) is 24.3 Å². The second kappa shape index (κ2) is 3.68. The number of rotatable bonds is 1. The zero-order chi connectivity index (χ0) is 12.8. The molecule has 0 aliphatic rings. The summed E-state index contributed by atoms with van der Waals surface area (Å²) in [7, 11) is 2.07. The van der Waals surface area contributed by atoms with Crippen molar-refractivity contribution in [2.75, 3.05) is 0 Å². The Balaban J connectivity index is 2.11. The van der Waals surface area contributed by atoms with Crippen LogP contribution in [0.25, 0.3) is 33.3 Å². The van der Waals surface area contributed by atoms with E-state index in [4.69, 9.17) is 0 Å². The first kappa shape index (κ1) is 10.3. The highest BCUT2D eigenvalue weighted by molar-refractivity contribution is 6.04. The van der Waals surface area contributed by atoms with Crippen molar-refractivity contribution in [1.29, 1.82) is 0 Å². The molecule has 0 aromatic carbocycles. The van der Waals surface area contributed by atoms with Crippen LogP contribution in [0.3, 0.4) is 0 Å². The summed E-state index contributed by atoms with van der Waals surface area (Å²) in [5.41, 5.74) is 4.18. The molecule has 19 heavy (non-hydrogen) atoms. The molecular weight excluding hydrogens is 236 g/mol. The number of aromatic amines is 1. The molecule has 0 amide bonds. The molecule has 0 aliphatic carbocycles. The van der Waals surface area contributed by atoms with Crippen molar-refractivity contribution in [2.24, 2.45) is 7.05 Å². The molecule has 0 unspecified atom stereocenters. The average molecular weight is 248 g/mol. The minimum absolute atomic E-state index is 0.918. The molecule has 4 heterocycles. The number of nitrogens with one attached hydrogen (secondary N) is 1. The summed E-state index contributed by atoms with van der Waals surface area (Å²) in [4.78, 5) is 12.0. The van der Waals surface area contributed by atoms with Gasteiger partial charge >= 0.3 is 0 Å². The fourth-order valence-corrected chi connectivity index (χ4v) is 2.61. The van der Waals surface area contributed by atoms with Crippen LogP contribution in [0.2, 0.25) is 0 Å². The van der Waals surface area contributed by atoms with Crippen LogP contribution in [0.1, 0.15) is 0 Å². The maximum atomic E-state index is 4.43. The SMILES string of the molecule is Cn1c(-c2ccccn2)cc2cnc3[nH]ccc3c21. The first-order chi connectivity index (χ1) is 9.34. The summed E-state index contributed by atoms with van der Waals surface area (Å²) in [6.07, 6.45) is 5.64. The molecule has 0 saturated heterocycles. The van der Waals surface area contributed by atoms with E-state index in [9.17, 15) is 0 Å². The summed E-state index contributed by atoms with van der Waals surface area (Å²) in [5.74, 6) is 0. The zero-order valence-electron chi connectivity index (χ0n) is 10.5. The van der Waals surface area contributed by atoms with Crippen molar-refractivity contribution in [1.82, 2.24) is 19.5 Å². The Bertz CT molecular complexity index is 871. The van der Waals surface area contributed by atoms with E-state index in [-0.39, 0.29) is 0 Å². The highest BCUT2D eigenvalue weighted by Gasteiger charge is 2.12. The zero-order valence-corrected chi connectivity index (χ0v) is 10.5. The number of aryl methyl sites for hydroxylation is 1. The van der Waals surface area contributed by atoms with Gasteiger partial charge in [0.15, 0.2) is 0 Å². The first-order valence-corrected chi connectivity index (χ1v) is 6.17. The van der Waals surface area contributed by atoms with Gasteiger partial charge in [-0.25, -0.2) is 4.98 Å². The lowest BCUT2D eigenvalue weighted by atomic mass is 10.2. The van der Waals surface area contributed by atoms with E-state index in [1.165, 1.54) is 5.52 Å². The Morgan fingerprint density at radius 3 is 2.95 bits per heavy atom. The van der Waals surface area contributed by atoms with Crippen molar-refractivity contribution >= 4 is 21.9 Å². The quantitative estimate of drug-likeness (QED) is 0.562. The monoisotopic (exact) mass is 248 g/mol. The average Bonchev–Trinajstić information content (AvgIpc) is 3.04. The van der Waals surface area contributed by atoms with E-state index >= 15 is 0 Å².